The monoisotopic (exact) mass is 409 g/mol. The average Bonchev–Trinajstić information content (AvgIpc) is 3.18. The van der Waals surface area contributed by atoms with Crippen molar-refractivity contribution in [3.8, 4) is 0 Å². The van der Waals surface area contributed by atoms with Gasteiger partial charge in [-0.1, -0.05) is 37.5 Å². The first-order valence-corrected chi connectivity index (χ1v) is 11.5. The van der Waals surface area contributed by atoms with Gasteiger partial charge < -0.3 is 19.7 Å². The number of allylic oxidation sites excluding steroid dienone is 4. The number of rotatable bonds is 7. The van der Waals surface area contributed by atoms with Crippen LogP contribution in [0, 0.1) is 5.92 Å². The molecule has 1 aliphatic carbocycles. The Morgan fingerprint density at radius 1 is 1.17 bits per heavy atom. The molecule has 162 valence electrons. The number of nitrogens with one attached hydrogen (secondary N) is 1. The van der Waals surface area contributed by atoms with Crippen LogP contribution < -0.4 is 5.32 Å². The molecule has 4 rings (SSSR count). The maximum atomic E-state index is 5.69. The first kappa shape index (κ1) is 21.0. The zero-order chi connectivity index (χ0) is 20.6. The third-order valence-corrected chi connectivity index (χ3v) is 6.35. The van der Waals surface area contributed by atoms with Crippen LogP contribution in [0.5, 0.6) is 0 Å². The summed E-state index contributed by atoms with van der Waals surface area (Å²) in [4.78, 5) is 7.25. The van der Waals surface area contributed by atoms with E-state index in [9.17, 15) is 0 Å². The van der Waals surface area contributed by atoms with Gasteiger partial charge in [0.05, 0.1) is 6.42 Å². The first-order chi connectivity index (χ1) is 14.8. The van der Waals surface area contributed by atoms with Crippen LogP contribution in [0.1, 0.15) is 51.9 Å². The molecule has 0 saturated carbocycles. The van der Waals surface area contributed by atoms with Crippen LogP contribution in [0.2, 0.25) is 0 Å². The highest BCUT2D eigenvalue weighted by molar-refractivity contribution is 5.74. The predicted octanol–water partition coefficient (Wildman–Crippen LogP) is 4.82. The topological polar surface area (TPSA) is 46.1 Å². The van der Waals surface area contributed by atoms with E-state index in [1.165, 1.54) is 43.3 Å². The van der Waals surface area contributed by atoms with Gasteiger partial charge in [0.15, 0.2) is 0 Å². The van der Waals surface area contributed by atoms with Gasteiger partial charge in [0.25, 0.3) is 0 Å². The Labute approximate surface area is 180 Å². The molecule has 1 unspecified atom stereocenters. The smallest absolute Gasteiger partial charge is 0.229 e. The molecule has 2 bridgehead atoms. The lowest BCUT2D eigenvalue weighted by Crippen LogP contribution is -2.23. The lowest BCUT2D eigenvalue weighted by Gasteiger charge is -2.23. The average molecular weight is 410 g/mol. The Morgan fingerprint density at radius 3 is 3.07 bits per heavy atom. The minimum Gasteiger partial charge on any atom is -0.461 e. The normalized spacial score (nSPS) is 24.1. The van der Waals surface area contributed by atoms with Crippen molar-refractivity contribution < 1.29 is 9.47 Å². The highest BCUT2D eigenvalue weighted by atomic mass is 16.7. The number of likely N-dealkylation sites (tertiary alicyclic amines) is 1. The number of nitrogens with zero attached hydrogens (tertiary/aromatic N) is 2. The number of hydrogen-bond acceptors (Lipinski definition) is 5. The summed E-state index contributed by atoms with van der Waals surface area (Å²) in [5.74, 6) is 4.06. The molecule has 3 heterocycles. The molecule has 0 amide bonds. The van der Waals surface area contributed by atoms with E-state index in [1.807, 2.05) is 18.4 Å². The molecule has 1 N–H and O–H groups in total. The Hall–Kier alpha value is -2.27. The maximum Gasteiger partial charge on any atom is 0.229 e. The highest BCUT2D eigenvalue weighted by Crippen LogP contribution is 2.27. The Balaban J connectivity index is 1.27. The predicted molar refractivity (Wildman–Crippen MR) is 122 cm³/mol. The molecule has 0 aromatic heterocycles. The van der Waals surface area contributed by atoms with Gasteiger partial charge in [-0.25, -0.2) is 4.99 Å². The van der Waals surface area contributed by atoms with Gasteiger partial charge in [0.1, 0.15) is 17.3 Å². The molecule has 4 aliphatic rings. The van der Waals surface area contributed by atoms with Crippen molar-refractivity contribution in [1.82, 2.24) is 10.2 Å². The molecule has 0 aromatic rings. The third kappa shape index (κ3) is 5.66. The van der Waals surface area contributed by atoms with E-state index in [2.05, 4.69) is 35.4 Å². The highest BCUT2D eigenvalue weighted by Gasteiger charge is 2.19. The van der Waals surface area contributed by atoms with Crippen LogP contribution in [-0.4, -0.2) is 44.1 Å². The van der Waals surface area contributed by atoms with E-state index in [0.717, 1.165) is 62.3 Å². The molecule has 2 fully saturated rings. The summed E-state index contributed by atoms with van der Waals surface area (Å²) in [6, 6.07) is 0. The molecule has 5 heteroatoms. The minimum absolute atomic E-state index is 0.317. The second-order valence-electron chi connectivity index (χ2n) is 8.57. The van der Waals surface area contributed by atoms with E-state index in [4.69, 9.17) is 14.5 Å². The van der Waals surface area contributed by atoms with Gasteiger partial charge in [-0.2, -0.15) is 0 Å². The van der Waals surface area contributed by atoms with Crippen LogP contribution >= 0.6 is 0 Å². The SMILES string of the molecule is CCCC1CCCN(C2=CCC(CNCC3=C4CC(=CC=C3)OCO4)=CC=N2)CC1. The lowest BCUT2D eigenvalue weighted by atomic mass is 9.96. The summed E-state index contributed by atoms with van der Waals surface area (Å²) in [6.45, 7) is 6.55. The maximum absolute atomic E-state index is 5.69. The number of fused-ring (bicyclic) bond motifs is 2. The molecular weight excluding hydrogens is 374 g/mol. The fraction of sp³-hybridized carbons (Fsp3) is 0.560. The Bertz CT molecular complexity index is 788. The van der Waals surface area contributed by atoms with E-state index in [0.29, 0.717) is 6.79 Å². The molecule has 30 heavy (non-hydrogen) atoms. The Morgan fingerprint density at radius 2 is 2.13 bits per heavy atom. The quantitative estimate of drug-likeness (QED) is 0.655. The van der Waals surface area contributed by atoms with Crippen LogP contribution in [0.25, 0.3) is 0 Å². The molecular formula is C25H35N3O2. The van der Waals surface area contributed by atoms with Gasteiger partial charge >= 0.3 is 0 Å². The fourth-order valence-electron chi connectivity index (χ4n) is 4.63. The van der Waals surface area contributed by atoms with Crippen molar-refractivity contribution in [3.63, 3.8) is 0 Å². The molecule has 3 aliphatic heterocycles. The van der Waals surface area contributed by atoms with Crippen molar-refractivity contribution in [2.45, 2.75) is 51.9 Å². The van der Waals surface area contributed by atoms with Crippen LogP contribution in [0.4, 0.5) is 0 Å². The number of hydrogen-bond donors (Lipinski definition) is 1. The van der Waals surface area contributed by atoms with Crippen LogP contribution in [0.15, 0.2) is 63.9 Å². The molecule has 5 nitrogen and oxygen atoms in total. The standard InChI is InChI=1S/C25H35N3O2/c1-2-5-20-6-4-14-28(15-12-20)25-10-9-21(11-13-27-25)17-26-18-22-7-3-8-23-16-24(22)30-19-29-23/h3,7-8,10-11,13,20,26H,2,4-6,9,12,14-19H2,1H3. The van der Waals surface area contributed by atoms with Crippen molar-refractivity contribution in [3.05, 3.63) is 58.9 Å². The summed E-state index contributed by atoms with van der Waals surface area (Å²) >= 11 is 0. The minimum atomic E-state index is 0.317. The summed E-state index contributed by atoms with van der Waals surface area (Å²) in [7, 11) is 0. The zero-order valence-corrected chi connectivity index (χ0v) is 18.2. The van der Waals surface area contributed by atoms with Crippen molar-refractivity contribution in [1.29, 1.82) is 0 Å². The van der Waals surface area contributed by atoms with Gasteiger partial charge in [0, 0.05) is 38.0 Å². The third-order valence-electron chi connectivity index (χ3n) is 6.35. The zero-order valence-electron chi connectivity index (χ0n) is 18.2. The molecule has 0 spiro atoms. The molecule has 0 aromatic carbocycles. The number of aliphatic imine (C=N–C) groups is 1. The Kier molecular flexibility index (Phi) is 7.46. The second kappa shape index (κ2) is 10.7. The lowest BCUT2D eigenvalue weighted by molar-refractivity contribution is -0.0220. The van der Waals surface area contributed by atoms with E-state index >= 15 is 0 Å². The number of ether oxygens (including phenoxy) is 2. The van der Waals surface area contributed by atoms with Gasteiger partial charge in [-0.3, -0.25) is 0 Å². The van der Waals surface area contributed by atoms with Gasteiger partial charge in [0.2, 0.25) is 6.79 Å². The summed E-state index contributed by atoms with van der Waals surface area (Å²) in [5.41, 5.74) is 2.57. The first-order valence-electron chi connectivity index (χ1n) is 11.5. The molecule has 0 radical (unpaired) electrons. The van der Waals surface area contributed by atoms with Gasteiger partial charge in [-0.15, -0.1) is 0 Å². The second-order valence-corrected chi connectivity index (χ2v) is 8.57. The van der Waals surface area contributed by atoms with E-state index < -0.39 is 0 Å². The van der Waals surface area contributed by atoms with Crippen molar-refractivity contribution in [2.24, 2.45) is 10.9 Å². The summed E-state index contributed by atoms with van der Waals surface area (Å²) in [6.07, 6.45) is 21.0. The fourth-order valence-corrected chi connectivity index (χ4v) is 4.63. The molecule has 1 atom stereocenters. The van der Waals surface area contributed by atoms with E-state index in [1.54, 1.807) is 0 Å². The molecule has 2 saturated heterocycles. The van der Waals surface area contributed by atoms with E-state index in [-0.39, 0.29) is 0 Å². The van der Waals surface area contributed by atoms with Gasteiger partial charge in [-0.05, 0) is 49.8 Å². The summed E-state index contributed by atoms with van der Waals surface area (Å²) < 4.78 is 11.2. The summed E-state index contributed by atoms with van der Waals surface area (Å²) in [5, 5.41) is 3.58. The van der Waals surface area contributed by atoms with Crippen molar-refractivity contribution >= 4 is 6.21 Å². The largest absolute Gasteiger partial charge is 0.461 e. The van der Waals surface area contributed by atoms with Crippen molar-refractivity contribution in [2.75, 3.05) is 33.0 Å². The van der Waals surface area contributed by atoms with Crippen LogP contribution in [0.3, 0.4) is 0 Å². The van der Waals surface area contributed by atoms with Crippen LogP contribution in [-0.2, 0) is 9.47 Å².